The second-order valence-electron chi connectivity index (χ2n) is 11.8. The molecule has 3 aromatic rings. The first-order valence-corrected chi connectivity index (χ1v) is 15.3. The maximum absolute atomic E-state index is 13.4. The van der Waals surface area contributed by atoms with E-state index in [1.165, 1.54) is 26.2 Å². The average Bonchev–Trinajstić information content (AvgIpc) is 3.45. The molecule has 3 rings (SSSR count). The maximum atomic E-state index is 13.4. The number of amides is 4. The van der Waals surface area contributed by atoms with Crippen LogP contribution in [0.4, 0.5) is 0 Å². The van der Waals surface area contributed by atoms with Crippen LogP contribution in [0.1, 0.15) is 38.3 Å². The molecule has 0 unspecified atom stereocenters. The number of aliphatic hydroxyl groups is 1. The number of phenolic OH excluding ortho intramolecular Hbond substituents is 1. The molecule has 0 aliphatic rings. The standard InChI is InChI=1S/C33H44N6O8/c1-18(2)13-27(33(46)47-4)38-29(42)19(3)36-31(44)26(14-20-9-11-22(41)12-10-20)37-32(45)28(17-40)39-30(43)24(34)15-21-16-35-25-8-6-5-7-23(21)25/h5-12,16,18-19,24,26-28,35,40-41H,13-15,17,34H2,1-4H3,(H,36,44)(H,37,45)(H,38,42)(H,39,43)/t19-,24+,26+,27+,28+/m1/s1. The van der Waals surface area contributed by atoms with Gasteiger partial charge in [-0.25, -0.2) is 4.79 Å². The summed E-state index contributed by atoms with van der Waals surface area (Å²) < 4.78 is 4.78. The fourth-order valence-corrected chi connectivity index (χ4v) is 4.96. The van der Waals surface area contributed by atoms with Gasteiger partial charge in [0, 0.05) is 23.5 Å². The Labute approximate surface area is 272 Å². The number of benzene rings is 2. The molecule has 1 aromatic heterocycles. The summed E-state index contributed by atoms with van der Waals surface area (Å²) in [6.45, 7) is 4.39. The molecular formula is C33H44N6O8. The Morgan fingerprint density at radius 1 is 0.809 bits per heavy atom. The predicted octanol–water partition coefficient (Wildman–Crippen LogP) is 0.157. The van der Waals surface area contributed by atoms with Gasteiger partial charge in [-0.1, -0.05) is 44.2 Å². The van der Waals surface area contributed by atoms with Gasteiger partial charge in [0.25, 0.3) is 0 Å². The van der Waals surface area contributed by atoms with Crippen molar-refractivity contribution in [2.45, 2.75) is 70.2 Å². The van der Waals surface area contributed by atoms with Crippen molar-refractivity contribution in [2.24, 2.45) is 11.7 Å². The van der Waals surface area contributed by atoms with Gasteiger partial charge in [0.15, 0.2) is 0 Å². The van der Waals surface area contributed by atoms with Crippen LogP contribution in [-0.2, 0) is 41.6 Å². The SMILES string of the molecule is COC(=O)[C@H](CC(C)C)NC(=O)[C@@H](C)NC(=O)[C@H](Cc1ccc(O)cc1)NC(=O)[C@H](CO)NC(=O)[C@@H](N)Cc1c[nH]c2ccccc12. The van der Waals surface area contributed by atoms with Gasteiger partial charge < -0.3 is 46.9 Å². The van der Waals surface area contributed by atoms with Gasteiger partial charge in [-0.3, -0.25) is 19.2 Å². The molecule has 14 nitrogen and oxygen atoms in total. The van der Waals surface area contributed by atoms with E-state index in [0.717, 1.165) is 16.5 Å². The third kappa shape index (κ3) is 10.5. The van der Waals surface area contributed by atoms with E-state index in [4.69, 9.17) is 10.5 Å². The number of H-pyrrole nitrogens is 1. The topological polar surface area (TPSA) is 225 Å². The summed E-state index contributed by atoms with van der Waals surface area (Å²) in [5, 5.41) is 30.7. The third-order valence-electron chi connectivity index (χ3n) is 7.54. The Kier molecular flexibility index (Phi) is 13.3. The number of para-hydroxylation sites is 1. The van der Waals surface area contributed by atoms with Crippen LogP contribution in [0.25, 0.3) is 10.9 Å². The van der Waals surface area contributed by atoms with Gasteiger partial charge in [0.2, 0.25) is 23.6 Å². The largest absolute Gasteiger partial charge is 0.508 e. The number of methoxy groups -OCH3 is 1. The minimum atomic E-state index is -1.44. The van der Waals surface area contributed by atoms with Gasteiger partial charge >= 0.3 is 5.97 Å². The molecule has 0 radical (unpaired) electrons. The van der Waals surface area contributed by atoms with Crippen molar-refractivity contribution >= 4 is 40.5 Å². The minimum absolute atomic E-state index is 0.00216. The van der Waals surface area contributed by atoms with Crippen molar-refractivity contribution in [1.29, 1.82) is 0 Å². The zero-order valence-corrected chi connectivity index (χ0v) is 26.9. The van der Waals surface area contributed by atoms with E-state index in [1.807, 2.05) is 38.1 Å². The number of aliphatic hydroxyl groups excluding tert-OH is 1. The van der Waals surface area contributed by atoms with E-state index in [2.05, 4.69) is 26.3 Å². The Balaban J connectivity index is 1.70. The first-order valence-electron chi connectivity index (χ1n) is 15.3. The Hall–Kier alpha value is -4.95. The fourth-order valence-electron chi connectivity index (χ4n) is 4.96. The van der Waals surface area contributed by atoms with Crippen LogP contribution in [0, 0.1) is 5.92 Å². The number of fused-ring (bicyclic) bond motifs is 1. The number of hydrogen-bond donors (Lipinski definition) is 8. The van der Waals surface area contributed by atoms with Crippen molar-refractivity contribution in [3.05, 3.63) is 65.9 Å². The molecule has 0 saturated carbocycles. The van der Waals surface area contributed by atoms with Crippen LogP contribution < -0.4 is 27.0 Å². The number of nitrogens with one attached hydrogen (secondary N) is 5. The molecule has 254 valence electrons. The molecule has 14 heteroatoms. The predicted molar refractivity (Wildman–Crippen MR) is 174 cm³/mol. The molecule has 47 heavy (non-hydrogen) atoms. The van der Waals surface area contributed by atoms with Crippen molar-refractivity contribution in [3.63, 3.8) is 0 Å². The summed E-state index contributed by atoms with van der Waals surface area (Å²) in [7, 11) is 1.21. The number of ether oxygens (including phenoxy) is 1. The van der Waals surface area contributed by atoms with Gasteiger partial charge in [0.1, 0.15) is 29.9 Å². The lowest BCUT2D eigenvalue weighted by Gasteiger charge is -2.25. The highest BCUT2D eigenvalue weighted by Gasteiger charge is 2.31. The minimum Gasteiger partial charge on any atom is -0.508 e. The van der Waals surface area contributed by atoms with Crippen LogP contribution >= 0.6 is 0 Å². The monoisotopic (exact) mass is 652 g/mol. The molecule has 9 N–H and O–H groups in total. The normalized spacial score (nSPS) is 14.4. The van der Waals surface area contributed by atoms with Crippen LogP contribution in [0.2, 0.25) is 0 Å². The van der Waals surface area contributed by atoms with Gasteiger partial charge in [0.05, 0.1) is 19.8 Å². The van der Waals surface area contributed by atoms with Crippen LogP contribution in [0.15, 0.2) is 54.7 Å². The third-order valence-corrected chi connectivity index (χ3v) is 7.54. The van der Waals surface area contributed by atoms with E-state index < -0.39 is 66.4 Å². The Bertz CT molecular complexity index is 1540. The van der Waals surface area contributed by atoms with E-state index >= 15 is 0 Å². The summed E-state index contributed by atoms with van der Waals surface area (Å²) >= 11 is 0. The lowest BCUT2D eigenvalue weighted by Crippen LogP contribution is -2.59. The fraction of sp³-hybridized carbons (Fsp3) is 0.424. The molecule has 0 saturated heterocycles. The van der Waals surface area contributed by atoms with Crippen LogP contribution in [-0.4, -0.2) is 88.7 Å². The molecule has 2 aromatic carbocycles. The second kappa shape index (κ2) is 17.1. The number of aromatic hydroxyl groups is 1. The number of carbonyl (C=O) groups is 5. The van der Waals surface area contributed by atoms with E-state index in [9.17, 15) is 34.2 Å². The number of phenols is 1. The number of aromatic nitrogens is 1. The highest BCUT2D eigenvalue weighted by Crippen LogP contribution is 2.19. The molecule has 5 atom stereocenters. The summed E-state index contributed by atoms with van der Waals surface area (Å²) in [5.74, 6) is -3.49. The summed E-state index contributed by atoms with van der Waals surface area (Å²) in [6, 6.07) is 7.67. The zero-order chi connectivity index (χ0) is 34.7. The highest BCUT2D eigenvalue weighted by molar-refractivity contribution is 5.95. The molecular weight excluding hydrogens is 608 g/mol. The summed E-state index contributed by atoms with van der Waals surface area (Å²) in [6.07, 6.45) is 2.17. The molecule has 0 aliphatic carbocycles. The van der Waals surface area contributed by atoms with Crippen molar-refractivity contribution in [2.75, 3.05) is 13.7 Å². The summed E-state index contributed by atoms with van der Waals surface area (Å²) in [4.78, 5) is 67.9. The second-order valence-corrected chi connectivity index (χ2v) is 11.8. The number of nitrogens with two attached hydrogens (primary N) is 1. The average molecular weight is 653 g/mol. The maximum Gasteiger partial charge on any atom is 0.328 e. The number of esters is 1. The number of hydrogen-bond acceptors (Lipinski definition) is 9. The smallest absolute Gasteiger partial charge is 0.328 e. The van der Waals surface area contributed by atoms with Crippen molar-refractivity contribution in [3.8, 4) is 5.75 Å². The molecule has 4 amide bonds. The van der Waals surface area contributed by atoms with E-state index in [-0.39, 0.29) is 24.5 Å². The Morgan fingerprint density at radius 2 is 1.43 bits per heavy atom. The van der Waals surface area contributed by atoms with Crippen molar-refractivity contribution in [1.82, 2.24) is 26.3 Å². The van der Waals surface area contributed by atoms with Crippen LogP contribution in [0.5, 0.6) is 5.75 Å². The lowest BCUT2D eigenvalue weighted by atomic mass is 10.0. The lowest BCUT2D eigenvalue weighted by molar-refractivity contribution is -0.145. The number of carbonyl (C=O) groups excluding carboxylic acids is 5. The van der Waals surface area contributed by atoms with Gasteiger partial charge in [-0.05, 0) is 55.0 Å². The molecule has 0 spiro atoms. The molecule has 1 heterocycles. The Morgan fingerprint density at radius 3 is 2.06 bits per heavy atom. The van der Waals surface area contributed by atoms with Crippen molar-refractivity contribution < 1.29 is 38.9 Å². The van der Waals surface area contributed by atoms with Gasteiger partial charge in [-0.15, -0.1) is 0 Å². The quantitative estimate of drug-likeness (QED) is 0.0985. The van der Waals surface area contributed by atoms with E-state index in [0.29, 0.717) is 12.0 Å². The zero-order valence-electron chi connectivity index (χ0n) is 26.9. The number of rotatable bonds is 16. The van der Waals surface area contributed by atoms with E-state index in [1.54, 1.807) is 18.3 Å². The summed E-state index contributed by atoms with van der Waals surface area (Å²) in [5.41, 5.74) is 8.40. The van der Waals surface area contributed by atoms with Crippen LogP contribution in [0.3, 0.4) is 0 Å². The number of aromatic amines is 1. The molecule has 0 fully saturated rings. The first kappa shape index (κ1) is 36.5. The highest BCUT2D eigenvalue weighted by atomic mass is 16.5. The molecule has 0 bridgehead atoms. The van der Waals surface area contributed by atoms with Gasteiger partial charge in [-0.2, -0.15) is 0 Å². The first-order chi connectivity index (χ1) is 22.3. The molecule has 0 aliphatic heterocycles.